The van der Waals surface area contributed by atoms with Crippen LogP contribution in [0.4, 0.5) is 0 Å². The van der Waals surface area contributed by atoms with Gasteiger partial charge < -0.3 is 9.84 Å². The second kappa shape index (κ2) is 7.82. The predicted octanol–water partition coefficient (Wildman–Crippen LogP) is 3.90. The van der Waals surface area contributed by atoms with Crippen molar-refractivity contribution in [3.05, 3.63) is 29.8 Å². The number of unbranched alkanes of at least 4 members (excludes halogenated alkanes) is 1. The molecule has 3 heteroatoms. The highest BCUT2D eigenvalue weighted by Crippen LogP contribution is 2.18. The summed E-state index contributed by atoms with van der Waals surface area (Å²) < 4.78 is 5.63. The van der Waals surface area contributed by atoms with E-state index in [0.717, 1.165) is 25.0 Å². The van der Waals surface area contributed by atoms with Gasteiger partial charge in [-0.15, -0.1) is 0 Å². The van der Waals surface area contributed by atoms with Gasteiger partial charge in [0.1, 0.15) is 5.75 Å². The Bertz CT molecular complexity index is 383. The van der Waals surface area contributed by atoms with Crippen LogP contribution >= 0.6 is 0 Å². The van der Waals surface area contributed by atoms with Crippen molar-refractivity contribution in [1.82, 2.24) is 0 Å². The molecule has 0 aromatic heterocycles. The minimum atomic E-state index is -0.705. The molecule has 0 amide bonds. The molecular weight excluding hydrogens is 240 g/mol. The van der Waals surface area contributed by atoms with Crippen LogP contribution in [0.5, 0.6) is 5.75 Å². The minimum absolute atomic E-state index is 0.219. The summed E-state index contributed by atoms with van der Waals surface area (Å²) in [6.07, 6.45) is 2.90. The van der Waals surface area contributed by atoms with Gasteiger partial charge in [-0.2, -0.15) is 0 Å². The summed E-state index contributed by atoms with van der Waals surface area (Å²) in [6, 6.07) is 8.02. The van der Waals surface area contributed by atoms with Crippen molar-refractivity contribution in [3.63, 3.8) is 0 Å². The van der Waals surface area contributed by atoms with E-state index in [0.29, 0.717) is 6.61 Å². The second-order valence-electron chi connectivity index (χ2n) is 5.26. The molecule has 1 rings (SSSR count). The second-order valence-corrected chi connectivity index (χ2v) is 5.26. The molecule has 0 aliphatic rings. The summed E-state index contributed by atoms with van der Waals surface area (Å²) >= 11 is 0. The lowest BCUT2D eigenvalue weighted by Gasteiger charge is -2.15. The largest absolute Gasteiger partial charge is 0.494 e. The fourth-order valence-electron chi connectivity index (χ4n) is 1.89. The van der Waals surface area contributed by atoms with Gasteiger partial charge in [0.2, 0.25) is 0 Å². The lowest BCUT2D eigenvalue weighted by molar-refractivity contribution is -0.142. The molecule has 0 fully saturated rings. The highest BCUT2D eigenvalue weighted by atomic mass is 16.5. The first kappa shape index (κ1) is 15.5. The average molecular weight is 264 g/mol. The van der Waals surface area contributed by atoms with Gasteiger partial charge >= 0.3 is 5.97 Å². The Kier molecular flexibility index (Phi) is 6.40. The molecule has 0 saturated carbocycles. The Morgan fingerprint density at radius 1 is 1.21 bits per heavy atom. The SMILES string of the molecule is Cc1ccc(OCCCCC(C)C(C)C(=O)O)cc1. The normalized spacial score (nSPS) is 13.8. The third-order valence-corrected chi connectivity index (χ3v) is 3.59. The molecule has 1 aromatic carbocycles. The van der Waals surface area contributed by atoms with Crippen LogP contribution in [0.2, 0.25) is 0 Å². The van der Waals surface area contributed by atoms with E-state index in [1.807, 2.05) is 31.2 Å². The van der Waals surface area contributed by atoms with Gasteiger partial charge in [-0.1, -0.05) is 31.5 Å². The molecule has 0 radical (unpaired) electrons. The zero-order valence-corrected chi connectivity index (χ0v) is 12.1. The first-order valence-electron chi connectivity index (χ1n) is 6.93. The Balaban J connectivity index is 2.14. The first-order chi connectivity index (χ1) is 9.00. The standard InChI is InChI=1S/C16H24O3/c1-12-7-9-15(10-8-12)19-11-5-4-6-13(2)14(3)16(17)18/h7-10,13-14H,4-6,11H2,1-3H3,(H,17,18). The van der Waals surface area contributed by atoms with Gasteiger partial charge in [0, 0.05) is 0 Å². The summed E-state index contributed by atoms with van der Waals surface area (Å²) in [7, 11) is 0. The van der Waals surface area contributed by atoms with E-state index >= 15 is 0 Å². The van der Waals surface area contributed by atoms with E-state index in [2.05, 4.69) is 6.92 Å². The molecule has 0 spiro atoms. The Labute approximate surface area is 115 Å². The van der Waals surface area contributed by atoms with E-state index < -0.39 is 5.97 Å². The quantitative estimate of drug-likeness (QED) is 0.724. The fourth-order valence-corrected chi connectivity index (χ4v) is 1.89. The summed E-state index contributed by atoms with van der Waals surface area (Å²) in [4.78, 5) is 10.8. The monoisotopic (exact) mass is 264 g/mol. The molecule has 2 atom stereocenters. The number of carboxylic acid groups (broad SMARTS) is 1. The molecule has 0 aliphatic carbocycles. The molecule has 3 nitrogen and oxygen atoms in total. The van der Waals surface area contributed by atoms with Gasteiger partial charge in [0.15, 0.2) is 0 Å². The topological polar surface area (TPSA) is 46.5 Å². The predicted molar refractivity (Wildman–Crippen MR) is 76.5 cm³/mol. The van der Waals surface area contributed by atoms with Crippen LogP contribution in [0.1, 0.15) is 38.7 Å². The summed E-state index contributed by atoms with van der Waals surface area (Å²) in [6.45, 7) is 6.52. The molecular formula is C16H24O3. The lowest BCUT2D eigenvalue weighted by Crippen LogP contribution is -2.18. The smallest absolute Gasteiger partial charge is 0.306 e. The zero-order chi connectivity index (χ0) is 14.3. The van der Waals surface area contributed by atoms with Gasteiger partial charge in [0.25, 0.3) is 0 Å². The molecule has 0 heterocycles. The van der Waals surface area contributed by atoms with Gasteiger partial charge in [-0.3, -0.25) is 4.79 Å². The molecule has 1 N–H and O–H groups in total. The number of carboxylic acids is 1. The van der Waals surface area contributed by atoms with Crippen LogP contribution in [0.15, 0.2) is 24.3 Å². The van der Waals surface area contributed by atoms with E-state index in [1.54, 1.807) is 6.92 Å². The highest BCUT2D eigenvalue weighted by Gasteiger charge is 2.18. The Morgan fingerprint density at radius 2 is 1.84 bits per heavy atom. The van der Waals surface area contributed by atoms with Crippen LogP contribution in [0.25, 0.3) is 0 Å². The van der Waals surface area contributed by atoms with Crippen LogP contribution < -0.4 is 4.74 Å². The van der Waals surface area contributed by atoms with Crippen molar-refractivity contribution in [2.45, 2.75) is 40.0 Å². The summed E-state index contributed by atoms with van der Waals surface area (Å²) in [5.74, 6) is 0.149. The van der Waals surface area contributed by atoms with Crippen LogP contribution in [0, 0.1) is 18.8 Å². The number of carbonyl (C=O) groups is 1. The van der Waals surface area contributed by atoms with E-state index in [4.69, 9.17) is 9.84 Å². The summed E-state index contributed by atoms with van der Waals surface area (Å²) in [5, 5.41) is 8.90. The number of aliphatic carboxylic acids is 1. The van der Waals surface area contributed by atoms with Crippen LogP contribution in [-0.2, 0) is 4.79 Å². The van der Waals surface area contributed by atoms with Crippen LogP contribution in [0.3, 0.4) is 0 Å². The highest BCUT2D eigenvalue weighted by molar-refractivity contribution is 5.69. The third kappa shape index (κ3) is 5.77. The number of benzene rings is 1. The van der Waals surface area contributed by atoms with Crippen molar-refractivity contribution in [2.24, 2.45) is 11.8 Å². The van der Waals surface area contributed by atoms with Crippen molar-refractivity contribution >= 4 is 5.97 Å². The van der Waals surface area contributed by atoms with E-state index in [1.165, 1.54) is 5.56 Å². The van der Waals surface area contributed by atoms with Gasteiger partial charge in [0.05, 0.1) is 12.5 Å². The maximum Gasteiger partial charge on any atom is 0.306 e. The molecule has 0 aliphatic heterocycles. The van der Waals surface area contributed by atoms with Crippen molar-refractivity contribution < 1.29 is 14.6 Å². The van der Waals surface area contributed by atoms with Gasteiger partial charge in [-0.25, -0.2) is 0 Å². The van der Waals surface area contributed by atoms with Crippen molar-refractivity contribution in [3.8, 4) is 5.75 Å². The molecule has 1 aromatic rings. The Hall–Kier alpha value is -1.51. The van der Waals surface area contributed by atoms with E-state index in [-0.39, 0.29) is 11.8 Å². The minimum Gasteiger partial charge on any atom is -0.494 e. The van der Waals surface area contributed by atoms with Crippen LogP contribution in [-0.4, -0.2) is 17.7 Å². The average Bonchev–Trinajstić information content (AvgIpc) is 2.39. The third-order valence-electron chi connectivity index (χ3n) is 3.59. The zero-order valence-electron chi connectivity index (χ0n) is 12.1. The van der Waals surface area contributed by atoms with E-state index in [9.17, 15) is 4.79 Å². The first-order valence-corrected chi connectivity index (χ1v) is 6.93. The molecule has 0 saturated heterocycles. The lowest BCUT2D eigenvalue weighted by atomic mass is 9.91. The maximum atomic E-state index is 10.8. The fraction of sp³-hybridized carbons (Fsp3) is 0.562. The molecule has 0 bridgehead atoms. The van der Waals surface area contributed by atoms with Crippen molar-refractivity contribution in [2.75, 3.05) is 6.61 Å². The number of ether oxygens (including phenoxy) is 1. The van der Waals surface area contributed by atoms with Gasteiger partial charge in [-0.05, 0) is 44.2 Å². The number of hydrogen-bond donors (Lipinski definition) is 1. The summed E-state index contributed by atoms with van der Waals surface area (Å²) in [5.41, 5.74) is 1.23. The Morgan fingerprint density at radius 3 is 2.42 bits per heavy atom. The number of rotatable bonds is 8. The number of aryl methyl sites for hydroxylation is 1. The van der Waals surface area contributed by atoms with Crippen molar-refractivity contribution in [1.29, 1.82) is 0 Å². The molecule has 106 valence electrons. The maximum absolute atomic E-state index is 10.8. The number of hydrogen-bond acceptors (Lipinski definition) is 2. The molecule has 2 unspecified atom stereocenters. The molecule has 19 heavy (non-hydrogen) atoms.